The molecule has 2 heterocycles. The lowest BCUT2D eigenvalue weighted by atomic mass is 10.3. The SMILES string of the molecule is COCC(O)CN(C)C(=O)Cc1csc(-c2ccco2)n1. The van der Waals surface area contributed by atoms with Crippen LogP contribution in [0.15, 0.2) is 28.2 Å². The maximum Gasteiger partial charge on any atom is 0.228 e. The molecule has 0 saturated carbocycles. The van der Waals surface area contributed by atoms with Crippen LogP contribution in [-0.4, -0.2) is 54.3 Å². The van der Waals surface area contributed by atoms with Crippen molar-refractivity contribution in [2.45, 2.75) is 12.5 Å². The van der Waals surface area contributed by atoms with Crippen molar-refractivity contribution >= 4 is 17.2 Å². The van der Waals surface area contributed by atoms with Crippen molar-refractivity contribution in [1.29, 1.82) is 0 Å². The number of aliphatic hydroxyl groups excluding tert-OH is 1. The Morgan fingerprint density at radius 1 is 1.62 bits per heavy atom. The first-order valence-electron chi connectivity index (χ1n) is 6.49. The molecule has 2 aromatic rings. The van der Waals surface area contributed by atoms with Crippen LogP contribution in [-0.2, 0) is 16.0 Å². The second kappa shape index (κ2) is 7.35. The van der Waals surface area contributed by atoms with Crippen molar-refractivity contribution in [3.8, 4) is 10.8 Å². The van der Waals surface area contributed by atoms with Gasteiger partial charge in [0.15, 0.2) is 10.8 Å². The summed E-state index contributed by atoms with van der Waals surface area (Å²) in [5.74, 6) is 0.601. The lowest BCUT2D eigenvalue weighted by Gasteiger charge is -2.20. The van der Waals surface area contributed by atoms with E-state index in [0.29, 0.717) is 11.5 Å². The normalized spacial score (nSPS) is 12.3. The number of carbonyl (C=O) groups excluding carboxylic acids is 1. The molecule has 1 N–H and O–H groups in total. The van der Waals surface area contributed by atoms with Crippen LogP contribution in [0.5, 0.6) is 0 Å². The van der Waals surface area contributed by atoms with Gasteiger partial charge in [-0.3, -0.25) is 4.79 Å². The number of methoxy groups -OCH3 is 1. The second-order valence-electron chi connectivity index (χ2n) is 4.68. The number of nitrogens with zero attached hydrogens (tertiary/aromatic N) is 2. The van der Waals surface area contributed by atoms with Crippen LogP contribution in [0.25, 0.3) is 10.8 Å². The number of ether oxygens (including phenoxy) is 1. The summed E-state index contributed by atoms with van der Waals surface area (Å²) in [6, 6.07) is 3.63. The van der Waals surface area contributed by atoms with Crippen molar-refractivity contribution in [3.05, 3.63) is 29.5 Å². The van der Waals surface area contributed by atoms with Gasteiger partial charge < -0.3 is 19.2 Å². The van der Waals surface area contributed by atoms with E-state index in [9.17, 15) is 9.90 Å². The molecule has 0 aliphatic heterocycles. The molecule has 0 radical (unpaired) electrons. The molecule has 6 nitrogen and oxygen atoms in total. The van der Waals surface area contributed by atoms with Crippen molar-refractivity contribution in [2.24, 2.45) is 0 Å². The molecule has 0 spiro atoms. The first-order valence-corrected chi connectivity index (χ1v) is 7.37. The van der Waals surface area contributed by atoms with Gasteiger partial charge >= 0.3 is 0 Å². The highest BCUT2D eigenvalue weighted by Gasteiger charge is 2.16. The highest BCUT2D eigenvalue weighted by molar-refractivity contribution is 7.13. The fourth-order valence-electron chi connectivity index (χ4n) is 1.85. The van der Waals surface area contributed by atoms with Gasteiger partial charge in [-0.1, -0.05) is 0 Å². The summed E-state index contributed by atoms with van der Waals surface area (Å²) < 4.78 is 10.1. The van der Waals surface area contributed by atoms with E-state index in [1.165, 1.54) is 23.3 Å². The van der Waals surface area contributed by atoms with E-state index >= 15 is 0 Å². The smallest absolute Gasteiger partial charge is 0.228 e. The molecule has 21 heavy (non-hydrogen) atoms. The molecule has 0 bridgehead atoms. The highest BCUT2D eigenvalue weighted by Crippen LogP contribution is 2.24. The summed E-state index contributed by atoms with van der Waals surface area (Å²) in [6.45, 7) is 0.443. The van der Waals surface area contributed by atoms with Crippen LogP contribution in [0.3, 0.4) is 0 Å². The summed E-state index contributed by atoms with van der Waals surface area (Å²) >= 11 is 1.44. The van der Waals surface area contributed by atoms with Gasteiger partial charge in [-0.05, 0) is 12.1 Å². The molecular weight excluding hydrogens is 292 g/mol. The minimum atomic E-state index is -0.682. The zero-order valence-electron chi connectivity index (χ0n) is 12.0. The summed E-state index contributed by atoms with van der Waals surface area (Å²) in [4.78, 5) is 17.9. The molecule has 0 fully saturated rings. The Hall–Kier alpha value is -1.70. The molecule has 1 atom stereocenters. The summed E-state index contributed by atoms with van der Waals surface area (Å²) in [5.41, 5.74) is 0.699. The van der Waals surface area contributed by atoms with Gasteiger partial charge in [0.25, 0.3) is 0 Å². The summed E-state index contributed by atoms with van der Waals surface area (Å²) in [5, 5.41) is 12.2. The Bertz CT molecular complexity index is 567. The van der Waals surface area contributed by atoms with E-state index in [0.717, 1.165) is 5.01 Å². The molecule has 2 aromatic heterocycles. The number of rotatable bonds is 7. The highest BCUT2D eigenvalue weighted by atomic mass is 32.1. The predicted molar refractivity (Wildman–Crippen MR) is 79.0 cm³/mol. The maximum atomic E-state index is 12.1. The van der Waals surface area contributed by atoms with Gasteiger partial charge in [-0.15, -0.1) is 11.3 Å². The average Bonchev–Trinajstić information content (AvgIpc) is 3.08. The third-order valence-corrected chi connectivity index (χ3v) is 3.79. The topological polar surface area (TPSA) is 75.8 Å². The van der Waals surface area contributed by atoms with E-state index in [4.69, 9.17) is 9.15 Å². The molecule has 2 rings (SSSR count). The second-order valence-corrected chi connectivity index (χ2v) is 5.54. The largest absolute Gasteiger partial charge is 0.462 e. The fourth-order valence-corrected chi connectivity index (χ4v) is 2.64. The molecule has 0 aliphatic rings. The molecular formula is C14H18N2O4S. The monoisotopic (exact) mass is 310 g/mol. The van der Waals surface area contributed by atoms with Crippen LogP contribution in [0.2, 0.25) is 0 Å². The van der Waals surface area contributed by atoms with E-state index < -0.39 is 6.10 Å². The van der Waals surface area contributed by atoms with Gasteiger partial charge in [0, 0.05) is 26.1 Å². The molecule has 0 aliphatic carbocycles. The summed E-state index contributed by atoms with van der Waals surface area (Å²) in [7, 11) is 3.16. The molecule has 114 valence electrons. The van der Waals surface area contributed by atoms with Crippen LogP contribution >= 0.6 is 11.3 Å². The number of likely N-dealkylation sites (N-methyl/N-ethyl adjacent to an activating group) is 1. The van der Waals surface area contributed by atoms with Crippen molar-refractivity contribution in [1.82, 2.24) is 9.88 Å². The Morgan fingerprint density at radius 3 is 3.10 bits per heavy atom. The third-order valence-electron chi connectivity index (χ3n) is 2.89. The van der Waals surface area contributed by atoms with Crippen molar-refractivity contribution in [2.75, 3.05) is 27.3 Å². The number of hydrogen-bond donors (Lipinski definition) is 1. The number of hydrogen-bond acceptors (Lipinski definition) is 6. The molecule has 0 saturated heterocycles. The quantitative estimate of drug-likeness (QED) is 0.837. The number of furan rings is 1. The van der Waals surface area contributed by atoms with Gasteiger partial charge in [0.05, 0.1) is 31.1 Å². The number of carbonyl (C=O) groups is 1. The van der Waals surface area contributed by atoms with Crippen LogP contribution in [0.1, 0.15) is 5.69 Å². The Kier molecular flexibility index (Phi) is 5.49. The zero-order valence-corrected chi connectivity index (χ0v) is 12.8. The van der Waals surface area contributed by atoms with Gasteiger partial charge in [-0.25, -0.2) is 4.98 Å². The minimum Gasteiger partial charge on any atom is -0.462 e. The van der Waals surface area contributed by atoms with Crippen LogP contribution in [0.4, 0.5) is 0 Å². The van der Waals surface area contributed by atoms with Crippen molar-refractivity contribution in [3.63, 3.8) is 0 Å². The van der Waals surface area contributed by atoms with E-state index in [2.05, 4.69) is 4.98 Å². The summed E-state index contributed by atoms with van der Waals surface area (Å²) in [6.07, 6.45) is 1.11. The lowest BCUT2D eigenvalue weighted by Crippen LogP contribution is -2.37. The third kappa shape index (κ3) is 4.38. The molecule has 1 unspecified atom stereocenters. The fraction of sp³-hybridized carbons (Fsp3) is 0.429. The zero-order chi connectivity index (χ0) is 15.2. The average molecular weight is 310 g/mol. The van der Waals surface area contributed by atoms with E-state index in [1.807, 2.05) is 11.4 Å². The number of aliphatic hydroxyl groups is 1. The van der Waals surface area contributed by atoms with Gasteiger partial charge in [-0.2, -0.15) is 0 Å². The first-order chi connectivity index (χ1) is 10.1. The standard InChI is InChI=1S/C14H18N2O4S/c1-16(7-11(17)8-19-2)13(18)6-10-9-21-14(15-10)12-4-3-5-20-12/h3-5,9,11,17H,6-8H2,1-2H3. The number of thiazole rings is 1. The Morgan fingerprint density at radius 2 is 2.43 bits per heavy atom. The van der Waals surface area contributed by atoms with Crippen LogP contribution < -0.4 is 0 Å². The lowest BCUT2D eigenvalue weighted by molar-refractivity contribution is -0.130. The molecule has 0 aromatic carbocycles. The number of aromatic nitrogens is 1. The Labute approximate surface area is 127 Å². The maximum absolute atomic E-state index is 12.1. The van der Waals surface area contributed by atoms with E-state index in [-0.39, 0.29) is 25.5 Å². The van der Waals surface area contributed by atoms with Gasteiger partial charge in [0.2, 0.25) is 5.91 Å². The van der Waals surface area contributed by atoms with Crippen LogP contribution in [0, 0.1) is 0 Å². The van der Waals surface area contributed by atoms with Gasteiger partial charge in [0.1, 0.15) is 0 Å². The Balaban J connectivity index is 1.90. The predicted octanol–water partition coefficient (Wildman–Crippen LogP) is 1.41. The van der Waals surface area contributed by atoms with E-state index in [1.54, 1.807) is 19.4 Å². The molecule has 7 heteroatoms. The first kappa shape index (κ1) is 15.7. The molecule has 1 amide bonds. The van der Waals surface area contributed by atoms with Crippen molar-refractivity contribution < 1.29 is 19.1 Å². The number of amides is 1. The minimum absolute atomic E-state index is 0.0959.